The number of allylic oxidation sites excluding steroid dienone is 1. The lowest BCUT2D eigenvalue weighted by Crippen LogP contribution is -2.65. The van der Waals surface area contributed by atoms with Gasteiger partial charge in [-0.1, -0.05) is 6.08 Å². The third-order valence-electron chi connectivity index (χ3n) is 4.34. The van der Waals surface area contributed by atoms with E-state index >= 15 is 0 Å². The lowest BCUT2D eigenvalue weighted by atomic mass is 9.68. The van der Waals surface area contributed by atoms with Crippen LogP contribution in [0, 0.1) is 11.8 Å². The van der Waals surface area contributed by atoms with Gasteiger partial charge in [0.2, 0.25) is 5.91 Å². The number of rotatable bonds is 4. The molecule has 4 nitrogen and oxygen atoms in total. The minimum absolute atomic E-state index is 0.0245. The molecule has 0 bridgehead atoms. The summed E-state index contributed by atoms with van der Waals surface area (Å²) in [5.41, 5.74) is 5.57. The first-order valence-corrected chi connectivity index (χ1v) is 8.36. The van der Waals surface area contributed by atoms with E-state index in [9.17, 15) is 4.79 Å². The first kappa shape index (κ1) is 19.2. The molecule has 0 aromatic heterocycles. The number of hydrogen-bond donors (Lipinski definition) is 3. The van der Waals surface area contributed by atoms with Gasteiger partial charge in [-0.05, 0) is 72.6 Å². The van der Waals surface area contributed by atoms with E-state index in [2.05, 4.69) is 38.0 Å². The van der Waals surface area contributed by atoms with Crippen molar-refractivity contribution in [2.24, 2.45) is 17.6 Å². The molecule has 0 radical (unpaired) electrons. The second-order valence-corrected chi connectivity index (χ2v) is 8.85. The maximum atomic E-state index is 12.8. The zero-order valence-electron chi connectivity index (χ0n) is 15.3. The fourth-order valence-corrected chi connectivity index (χ4v) is 3.03. The highest BCUT2D eigenvalue weighted by Crippen LogP contribution is 2.36. The van der Waals surface area contributed by atoms with E-state index in [-0.39, 0.29) is 22.9 Å². The topological polar surface area (TPSA) is 67.1 Å². The Balaban J connectivity index is 2.92. The number of nitrogens with one attached hydrogen (secondary N) is 2. The number of nitrogens with two attached hydrogens (primary N) is 1. The molecular formula is C18H35N3O. The van der Waals surface area contributed by atoms with Crippen molar-refractivity contribution in [3.8, 4) is 0 Å². The van der Waals surface area contributed by atoms with Crippen LogP contribution in [0.1, 0.15) is 60.8 Å². The fourth-order valence-electron chi connectivity index (χ4n) is 3.03. The smallest absolute Gasteiger partial charge is 0.240 e. The lowest BCUT2D eigenvalue weighted by molar-refractivity contribution is -0.131. The van der Waals surface area contributed by atoms with Crippen molar-refractivity contribution in [2.75, 3.05) is 6.54 Å². The summed E-state index contributed by atoms with van der Waals surface area (Å²) < 4.78 is 0. The van der Waals surface area contributed by atoms with Gasteiger partial charge in [0.1, 0.15) is 0 Å². The highest BCUT2D eigenvalue weighted by Gasteiger charge is 2.46. The van der Waals surface area contributed by atoms with E-state index in [1.807, 2.05) is 26.8 Å². The Morgan fingerprint density at radius 2 is 1.82 bits per heavy atom. The molecule has 128 valence electrons. The zero-order chi connectivity index (χ0) is 17.2. The molecular weight excluding hydrogens is 274 g/mol. The highest BCUT2D eigenvalue weighted by atomic mass is 16.2. The van der Waals surface area contributed by atoms with Crippen molar-refractivity contribution in [1.29, 1.82) is 0 Å². The minimum Gasteiger partial charge on any atom is -0.350 e. The van der Waals surface area contributed by atoms with E-state index in [0.717, 1.165) is 19.4 Å². The summed E-state index contributed by atoms with van der Waals surface area (Å²) in [5, 5.41) is 6.59. The Kier molecular flexibility index (Phi) is 5.85. The van der Waals surface area contributed by atoms with Crippen LogP contribution in [0.4, 0.5) is 0 Å². The SMILES string of the molecule is C=C[C@@H]1CC[C@@H](CNC(C)(C)C)[C@@](N)(C(=O)NC(C)(C)C)C1. The summed E-state index contributed by atoms with van der Waals surface area (Å²) in [6.07, 6.45) is 4.63. The summed E-state index contributed by atoms with van der Waals surface area (Å²) in [5.74, 6) is 0.430. The van der Waals surface area contributed by atoms with Gasteiger partial charge in [-0.3, -0.25) is 4.79 Å². The third kappa shape index (κ3) is 5.40. The van der Waals surface area contributed by atoms with Gasteiger partial charge in [0.25, 0.3) is 0 Å². The van der Waals surface area contributed by atoms with Crippen LogP contribution in [-0.2, 0) is 4.79 Å². The molecule has 1 saturated carbocycles. The Labute approximate surface area is 136 Å². The molecule has 3 atom stereocenters. The molecule has 0 saturated heterocycles. The number of hydrogen-bond acceptors (Lipinski definition) is 3. The summed E-state index contributed by atoms with van der Waals surface area (Å²) in [7, 11) is 0. The van der Waals surface area contributed by atoms with E-state index in [1.54, 1.807) is 0 Å². The highest BCUT2D eigenvalue weighted by molar-refractivity contribution is 5.87. The Morgan fingerprint density at radius 3 is 2.27 bits per heavy atom. The molecule has 0 unspecified atom stereocenters. The van der Waals surface area contributed by atoms with Gasteiger partial charge in [-0.25, -0.2) is 0 Å². The quantitative estimate of drug-likeness (QED) is 0.699. The van der Waals surface area contributed by atoms with E-state index in [1.165, 1.54) is 0 Å². The molecule has 1 amide bonds. The van der Waals surface area contributed by atoms with Gasteiger partial charge in [-0.15, -0.1) is 6.58 Å². The summed E-state index contributed by atoms with van der Waals surface area (Å²) in [4.78, 5) is 12.8. The molecule has 4 heteroatoms. The molecule has 0 aliphatic heterocycles. The maximum Gasteiger partial charge on any atom is 0.240 e. The number of carbonyl (C=O) groups excluding carboxylic acids is 1. The van der Waals surface area contributed by atoms with Gasteiger partial charge in [0.05, 0.1) is 5.54 Å². The van der Waals surface area contributed by atoms with Gasteiger partial charge in [-0.2, -0.15) is 0 Å². The first-order chi connectivity index (χ1) is 9.87. The van der Waals surface area contributed by atoms with Crippen molar-refractivity contribution in [3.05, 3.63) is 12.7 Å². The van der Waals surface area contributed by atoms with Crippen LogP contribution in [0.15, 0.2) is 12.7 Å². The lowest BCUT2D eigenvalue weighted by Gasteiger charge is -2.44. The largest absolute Gasteiger partial charge is 0.350 e. The monoisotopic (exact) mass is 309 g/mol. The fraction of sp³-hybridized carbons (Fsp3) is 0.833. The average molecular weight is 309 g/mol. The molecule has 1 fully saturated rings. The molecule has 0 aromatic carbocycles. The Morgan fingerprint density at radius 1 is 1.23 bits per heavy atom. The van der Waals surface area contributed by atoms with Crippen molar-refractivity contribution < 1.29 is 4.79 Å². The molecule has 1 aliphatic carbocycles. The van der Waals surface area contributed by atoms with Crippen LogP contribution in [0.3, 0.4) is 0 Å². The molecule has 0 heterocycles. The summed E-state index contributed by atoms with van der Waals surface area (Å²) >= 11 is 0. The Bertz CT molecular complexity index is 406. The summed E-state index contributed by atoms with van der Waals surface area (Å²) in [6.45, 7) is 17.0. The van der Waals surface area contributed by atoms with E-state index < -0.39 is 5.54 Å². The molecule has 1 rings (SSSR count). The minimum atomic E-state index is -0.831. The van der Waals surface area contributed by atoms with Crippen molar-refractivity contribution in [3.63, 3.8) is 0 Å². The molecule has 0 spiro atoms. The van der Waals surface area contributed by atoms with Crippen LogP contribution in [0.2, 0.25) is 0 Å². The second-order valence-electron chi connectivity index (χ2n) is 8.85. The van der Waals surface area contributed by atoms with Crippen LogP contribution in [0.5, 0.6) is 0 Å². The predicted molar refractivity (Wildman–Crippen MR) is 93.6 cm³/mol. The van der Waals surface area contributed by atoms with E-state index in [0.29, 0.717) is 12.3 Å². The van der Waals surface area contributed by atoms with Crippen molar-refractivity contribution >= 4 is 5.91 Å². The van der Waals surface area contributed by atoms with Gasteiger partial charge < -0.3 is 16.4 Å². The predicted octanol–water partition coefficient (Wildman–Crippen LogP) is 2.59. The van der Waals surface area contributed by atoms with Crippen molar-refractivity contribution in [1.82, 2.24) is 10.6 Å². The first-order valence-electron chi connectivity index (χ1n) is 8.36. The van der Waals surface area contributed by atoms with Crippen molar-refractivity contribution in [2.45, 2.75) is 77.4 Å². The number of amides is 1. The average Bonchev–Trinajstić information content (AvgIpc) is 2.34. The van der Waals surface area contributed by atoms with Gasteiger partial charge in [0.15, 0.2) is 0 Å². The van der Waals surface area contributed by atoms with Crippen LogP contribution in [0.25, 0.3) is 0 Å². The maximum absolute atomic E-state index is 12.8. The summed E-state index contributed by atoms with van der Waals surface area (Å²) in [6, 6.07) is 0. The molecule has 0 aromatic rings. The normalized spacial score (nSPS) is 30.0. The van der Waals surface area contributed by atoms with Gasteiger partial charge in [0, 0.05) is 17.6 Å². The van der Waals surface area contributed by atoms with Gasteiger partial charge >= 0.3 is 0 Å². The van der Waals surface area contributed by atoms with E-state index in [4.69, 9.17) is 5.73 Å². The molecule has 1 aliphatic rings. The number of carbonyl (C=O) groups is 1. The molecule has 22 heavy (non-hydrogen) atoms. The van der Waals surface area contributed by atoms with Crippen LogP contribution >= 0.6 is 0 Å². The van der Waals surface area contributed by atoms with Crippen LogP contribution < -0.4 is 16.4 Å². The second kappa shape index (κ2) is 6.71. The standard InChI is InChI=1S/C18H35N3O/c1-8-13-9-10-14(12-20-16(2,3)4)18(19,11-13)15(22)21-17(5,6)7/h8,13-14,20H,1,9-12,19H2,2-7H3,(H,21,22)/t13-,14+,18-/m1/s1. The van der Waals surface area contributed by atoms with Crippen LogP contribution in [-0.4, -0.2) is 29.1 Å². The third-order valence-corrected chi connectivity index (χ3v) is 4.34. The Hall–Kier alpha value is -0.870. The zero-order valence-corrected chi connectivity index (χ0v) is 15.3. The molecule has 4 N–H and O–H groups in total.